The normalized spacial score (nSPS) is 22.7. The molecule has 1 heterocycles. The smallest absolute Gasteiger partial charge is 0.309 e. The van der Waals surface area contributed by atoms with Crippen LogP contribution in [0.1, 0.15) is 18.0 Å². The molecule has 0 spiro atoms. The van der Waals surface area contributed by atoms with Crippen molar-refractivity contribution in [1.29, 1.82) is 0 Å². The fourth-order valence-corrected chi connectivity index (χ4v) is 2.07. The van der Waals surface area contributed by atoms with E-state index < -0.39 is 23.7 Å². The molecule has 2 N–H and O–H groups in total. The number of amides is 1. The highest BCUT2D eigenvalue weighted by Gasteiger charge is 2.38. The zero-order valence-corrected chi connectivity index (χ0v) is 9.64. The van der Waals surface area contributed by atoms with Crippen LogP contribution in [0.4, 0.5) is 4.39 Å². The molecule has 2 unspecified atom stereocenters. The van der Waals surface area contributed by atoms with Crippen molar-refractivity contribution in [2.24, 2.45) is 5.92 Å². The van der Waals surface area contributed by atoms with E-state index in [2.05, 4.69) is 5.32 Å². The van der Waals surface area contributed by atoms with Crippen LogP contribution in [0.3, 0.4) is 0 Å². The molecular formula is C12H12FNO4. The van der Waals surface area contributed by atoms with Gasteiger partial charge in [-0.3, -0.25) is 9.59 Å². The number of carboxylic acids is 1. The van der Waals surface area contributed by atoms with Gasteiger partial charge in [0.15, 0.2) is 11.6 Å². The van der Waals surface area contributed by atoms with Crippen molar-refractivity contribution in [3.63, 3.8) is 0 Å². The molecule has 0 radical (unpaired) electrons. The fraction of sp³-hybridized carbons (Fsp3) is 0.333. The first-order valence-corrected chi connectivity index (χ1v) is 5.38. The Hall–Kier alpha value is -2.11. The number of benzene rings is 1. The topological polar surface area (TPSA) is 75.6 Å². The van der Waals surface area contributed by atoms with Crippen LogP contribution >= 0.6 is 0 Å². The van der Waals surface area contributed by atoms with E-state index in [9.17, 15) is 14.0 Å². The summed E-state index contributed by atoms with van der Waals surface area (Å²) in [6.07, 6.45) is -0.0896. The number of carboxylic acid groups (broad SMARTS) is 1. The zero-order valence-electron chi connectivity index (χ0n) is 9.64. The summed E-state index contributed by atoms with van der Waals surface area (Å²) in [4.78, 5) is 22.3. The third kappa shape index (κ3) is 2.13. The maximum absolute atomic E-state index is 13.5. The highest BCUT2D eigenvalue weighted by molar-refractivity contribution is 5.87. The molecule has 2 atom stereocenters. The second-order valence-corrected chi connectivity index (χ2v) is 4.09. The van der Waals surface area contributed by atoms with E-state index in [0.717, 1.165) is 0 Å². The minimum atomic E-state index is -1.07. The summed E-state index contributed by atoms with van der Waals surface area (Å²) in [5.41, 5.74) is 0.423. The van der Waals surface area contributed by atoms with Gasteiger partial charge >= 0.3 is 5.97 Å². The predicted molar refractivity (Wildman–Crippen MR) is 59.6 cm³/mol. The predicted octanol–water partition coefficient (Wildman–Crippen LogP) is 1.10. The number of nitrogens with one attached hydrogen (secondary N) is 1. The lowest BCUT2D eigenvalue weighted by Gasteiger charge is -2.16. The lowest BCUT2D eigenvalue weighted by atomic mass is 9.94. The van der Waals surface area contributed by atoms with Crippen LogP contribution in [0.25, 0.3) is 0 Å². The Kier molecular flexibility index (Phi) is 3.18. The number of hydrogen-bond donors (Lipinski definition) is 2. The van der Waals surface area contributed by atoms with Crippen molar-refractivity contribution < 1.29 is 23.8 Å². The first-order valence-electron chi connectivity index (χ1n) is 5.38. The lowest BCUT2D eigenvalue weighted by Crippen LogP contribution is -2.24. The molecule has 0 saturated carbocycles. The molecule has 0 bridgehead atoms. The van der Waals surface area contributed by atoms with Gasteiger partial charge < -0.3 is 15.2 Å². The van der Waals surface area contributed by atoms with Crippen molar-refractivity contribution in [2.75, 3.05) is 7.11 Å². The lowest BCUT2D eigenvalue weighted by molar-refractivity contribution is -0.142. The maximum Gasteiger partial charge on any atom is 0.309 e. The Morgan fingerprint density at radius 3 is 2.83 bits per heavy atom. The van der Waals surface area contributed by atoms with Gasteiger partial charge in [-0.15, -0.1) is 0 Å². The molecule has 1 fully saturated rings. The van der Waals surface area contributed by atoms with E-state index in [1.807, 2.05) is 0 Å². The van der Waals surface area contributed by atoms with Gasteiger partial charge in [0.2, 0.25) is 5.91 Å². The van der Waals surface area contributed by atoms with Crippen molar-refractivity contribution in [3.8, 4) is 5.75 Å². The van der Waals surface area contributed by atoms with Crippen LogP contribution in [0, 0.1) is 11.7 Å². The third-order valence-electron chi connectivity index (χ3n) is 2.98. The molecule has 1 saturated heterocycles. The van der Waals surface area contributed by atoms with E-state index in [-0.39, 0.29) is 18.1 Å². The van der Waals surface area contributed by atoms with Gasteiger partial charge in [-0.05, 0) is 17.7 Å². The number of ether oxygens (including phenoxy) is 1. The van der Waals surface area contributed by atoms with E-state index in [1.165, 1.54) is 19.2 Å². The summed E-state index contributed by atoms with van der Waals surface area (Å²) < 4.78 is 18.3. The molecule has 1 amide bonds. The summed E-state index contributed by atoms with van der Waals surface area (Å²) in [5.74, 6) is -2.79. The highest BCUT2D eigenvalue weighted by Crippen LogP contribution is 2.32. The van der Waals surface area contributed by atoms with E-state index >= 15 is 0 Å². The Morgan fingerprint density at radius 2 is 2.28 bits per heavy atom. The summed E-state index contributed by atoms with van der Waals surface area (Å²) in [7, 11) is 1.34. The molecular weight excluding hydrogens is 241 g/mol. The third-order valence-corrected chi connectivity index (χ3v) is 2.98. The molecule has 1 aliphatic heterocycles. The van der Waals surface area contributed by atoms with Gasteiger partial charge in [0.1, 0.15) is 0 Å². The first kappa shape index (κ1) is 12.3. The number of hydrogen-bond acceptors (Lipinski definition) is 3. The molecule has 0 aromatic heterocycles. The Morgan fingerprint density at radius 1 is 1.56 bits per heavy atom. The molecule has 1 aromatic carbocycles. The van der Waals surface area contributed by atoms with Gasteiger partial charge in [-0.25, -0.2) is 4.39 Å². The van der Waals surface area contributed by atoms with E-state index in [1.54, 1.807) is 6.07 Å². The Balaban J connectivity index is 2.33. The number of aliphatic carboxylic acids is 1. The largest absolute Gasteiger partial charge is 0.494 e. The molecule has 0 aliphatic carbocycles. The summed E-state index contributed by atoms with van der Waals surface area (Å²) in [6, 6.07) is 3.45. The quantitative estimate of drug-likeness (QED) is 0.845. The monoisotopic (exact) mass is 253 g/mol. The van der Waals surface area contributed by atoms with Gasteiger partial charge in [0.25, 0.3) is 0 Å². The van der Waals surface area contributed by atoms with Crippen molar-refractivity contribution in [2.45, 2.75) is 12.5 Å². The highest BCUT2D eigenvalue weighted by atomic mass is 19.1. The Bertz CT molecular complexity index is 503. The molecule has 1 aromatic rings. The molecule has 96 valence electrons. The number of halogens is 1. The first-order chi connectivity index (χ1) is 8.52. The fourth-order valence-electron chi connectivity index (χ4n) is 2.07. The molecule has 1 aliphatic rings. The standard InChI is InChI=1S/C12H12FNO4/c1-18-9-3-2-6(4-8(9)13)11-7(12(16)17)5-10(15)14-11/h2-4,7,11H,5H2,1H3,(H,14,15)(H,16,17). The number of carbonyl (C=O) groups is 2. The summed E-state index contributed by atoms with van der Waals surface area (Å²) >= 11 is 0. The van der Waals surface area contributed by atoms with Crippen LogP contribution in [-0.2, 0) is 9.59 Å². The van der Waals surface area contributed by atoms with Crippen molar-refractivity contribution >= 4 is 11.9 Å². The molecule has 2 rings (SSSR count). The average molecular weight is 253 g/mol. The van der Waals surface area contributed by atoms with Crippen LogP contribution in [-0.4, -0.2) is 24.1 Å². The minimum Gasteiger partial charge on any atom is -0.494 e. The average Bonchev–Trinajstić information content (AvgIpc) is 2.71. The van der Waals surface area contributed by atoms with Crippen LogP contribution < -0.4 is 10.1 Å². The van der Waals surface area contributed by atoms with E-state index in [4.69, 9.17) is 9.84 Å². The molecule has 6 heteroatoms. The van der Waals surface area contributed by atoms with Gasteiger partial charge in [-0.1, -0.05) is 6.07 Å². The summed E-state index contributed by atoms with van der Waals surface area (Å²) in [5, 5.41) is 11.6. The van der Waals surface area contributed by atoms with Crippen LogP contribution in [0.2, 0.25) is 0 Å². The summed E-state index contributed by atoms with van der Waals surface area (Å²) in [6.45, 7) is 0. The van der Waals surface area contributed by atoms with E-state index in [0.29, 0.717) is 5.56 Å². The molecule has 5 nitrogen and oxygen atoms in total. The van der Waals surface area contributed by atoms with Gasteiger partial charge in [0.05, 0.1) is 19.1 Å². The van der Waals surface area contributed by atoms with Crippen LogP contribution in [0.15, 0.2) is 18.2 Å². The Labute approximate surface area is 103 Å². The van der Waals surface area contributed by atoms with Crippen molar-refractivity contribution in [1.82, 2.24) is 5.32 Å². The van der Waals surface area contributed by atoms with Gasteiger partial charge in [-0.2, -0.15) is 0 Å². The van der Waals surface area contributed by atoms with Crippen LogP contribution in [0.5, 0.6) is 5.75 Å². The number of carbonyl (C=O) groups excluding carboxylic acids is 1. The van der Waals surface area contributed by atoms with Gasteiger partial charge in [0, 0.05) is 6.42 Å². The zero-order chi connectivity index (χ0) is 13.3. The van der Waals surface area contributed by atoms with Crippen molar-refractivity contribution in [3.05, 3.63) is 29.6 Å². The maximum atomic E-state index is 13.5. The number of rotatable bonds is 3. The number of methoxy groups -OCH3 is 1. The second kappa shape index (κ2) is 4.64. The molecule has 18 heavy (non-hydrogen) atoms. The SMILES string of the molecule is COc1ccc(C2NC(=O)CC2C(=O)O)cc1F. The minimum absolute atomic E-state index is 0.0787. The second-order valence-electron chi connectivity index (χ2n) is 4.09.